The van der Waals surface area contributed by atoms with Crippen LogP contribution in [0.1, 0.15) is 39.5 Å². The van der Waals surface area contributed by atoms with Gasteiger partial charge in [-0.1, -0.05) is 84.6 Å². The molecule has 0 radical (unpaired) electrons. The number of fused-ring (bicyclic) bond motifs is 8. The number of carboxylic acid groups (broad SMARTS) is 1. The van der Waals surface area contributed by atoms with Crippen LogP contribution in [0.5, 0.6) is 0 Å². The minimum absolute atomic E-state index is 0.339. The standard InChI is InChI=1S/C44H27N5O2/c45-27-32(44(50)51)25-29-13-11-28(12-14-29)15-18-35-36-21-23-40(48-36)42(30-7-3-1-4-8-30)38-19-16-33(46-38)26-34-17-20-39(47-34)43(31-9-5-2-6-10-31)41-24-22-37(35)49-41/h1-14,16-17,19-26,46-47H,(H,50,51)/b32-25-,33-26?,34-26?,36-35?,37-35?,42-38?,42-40?,43-39?,43-41?. The molecule has 0 saturated heterocycles. The third kappa shape index (κ3) is 6.27. The van der Waals surface area contributed by atoms with Crippen LogP contribution in [-0.4, -0.2) is 31.0 Å². The predicted molar refractivity (Wildman–Crippen MR) is 203 cm³/mol. The Kier molecular flexibility index (Phi) is 7.98. The van der Waals surface area contributed by atoms with E-state index in [4.69, 9.17) is 15.2 Å². The van der Waals surface area contributed by atoms with Crippen molar-refractivity contribution in [2.45, 2.75) is 0 Å². The number of benzene rings is 3. The molecule has 5 heterocycles. The molecule has 0 atom stereocenters. The molecule has 3 aromatic heterocycles. The molecule has 0 amide bonds. The molecule has 6 aromatic rings. The summed E-state index contributed by atoms with van der Waals surface area (Å²) in [6.45, 7) is 0. The fourth-order valence-corrected chi connectivity index (χ4v) is 6.19. The van der Waals surface area contributed by atoms with E-state index >= 15 is 0 Å². The fraction of sp³-hybridized carbons (Fsp3) is 0. The molecule has 240 valence electrons. The highest BCUT2D eigenvalue weighted by Gasteiger charge is 2.17. The van der Waals surface area contributed by atoms with E-state index in [0.29, 0.717) is 28.1 Å². The van der Waals surface area contributed by atoms with Gasteiger partial charge in [-0.25, -0.2) is 14.8 Å². The second-order valence-electron chi connectivity index (χ2n) is 11.9. The van der Waals surface area contributed by atoms with Crippen molar-refractivity contribution < 1.29 is 9.90 Å². The van der Waals surface area contributed by atoms with Gasteiger partial charge in [-0.2, -0.15) is 5.26 Å². The van der Waals surface area contributed by atoms with E-state index in [1.54, 1.807) is 30.3 Å². The van der Waals surface area contributed by atoms with Crippen molar-refractivity contribution in [3.63, 3.8) is 0 Å². The number of rotatable bonds is 4. The first-order valence-corrected chi connectivity index (χ1v) is 16.2. The van der Waals surface area contributed by atoms with Crippen LogP contribution in [0.4, 0.5) is 0 Å². The summed E-state index contributed by atoms with van der Waals surface area (Å²) in [5.74, 6) is 5.37. The van der Waals surface area contributed by atoms with Crippen LogP contribution in [0.25, 0.3) is 74.7 Å². The lowest BCUT2D eigenvalue weighted by Crippen LogP contribution is -1.97. The summed E-state index contributed by atoms with van der Waals surface area (Å²) in [4.78, 5) is 28.9. The number of aromatic nitrogens is 4. The Balaban J connectivity index is 1.40. The first-order chi connectivity index (χ1) is 25.0. The number of aliphatic carboxylic acids is 1. The number of aromatic amines is 2. The number of hydrogen-bond donors (Lipinski definition) is 3. The number of hydrogen-bond acceptors (Lipinski definition) is 4. The fourth-order valence-electron chi connectivity index (χ4n) is 6.19. The lowest BCUT2D eigenvalue weighted by atomic mass is 10.0. The molecule has 3 N–H and O–H groups in total. The van der Waals surface area contributed by atoms with Gasteiger partial charge < -0.3 is 15.1 Å². The zero-order valence-corrected chi connectivity index (χ0v) is 27.1. The molecule has 2 aliphatic rings. The summed E-state index contributed by atoms with van der Waals surface area (Å²) in [7, 11) is 0. The van der Waals surface area contributed by atoms with Crippen molar-refractivity contribution >= 4 is 58.4 Å². The zero-order valence-electron chi connectivity index (χ0n) is 27.1. The minimum atomic E-state index is -1.27. The monoisotopic (exact) mass is 657 g/mol. The summed E-state index contributed by atoms with van der Waals surface area (Å²) in [5.41, 5.74) is 12.3. The molecule has 51 heavy (non-hydrogen) atoms. The van der Waals surface area contributed by atoms with E-state index in [1.807, 2.05) is 60.7 Å². The van der Waals surface area contributed by atoms with E-state index in [0.717, 1.165) is 55.7 Å². The largest absolute Gasteiger partial charge is 0.477 e. The Hall–Kier alpha value is -7.48. The summed E-state index contributed by atoms with van der Waals surface area (Å²) < 4.78 is 0. The third-order valence-corrected chi connectivity index (χ3v) is 8.60. The van der Waals surface area contributed by atoms with Gasteiger partial charge >= 0.3 is 5.97 Å². The van der Waals surface area contributed by atoms with Gasteiger partial charge in [-0.15, -0.1) is 0 Å². The van der Waals surface area contributed by atoms with Crippen molar-refractivity contribution in [2.75, 3.05) is 0 Å². The molecule has 0 saturated carbocycles. The van der Waals surface area contributed by atoms with Crippen LogP contribution in [0.2, 0.25) is 0 Å². The van der Waals surface area contributed by atoms with E-state index in [1.165, 1.54) is 6.08 Å². The van der Waals surface area contributed by atoms with Gasteiger partial charge in [-0.3, -0.25) is 0 Å². The number of H-pyrrole nitrogens is 2. The van der Waals surface area contributed by atoms with Crippen molar-refractivity contribution in [3.8, 4) is 40.2 Å². The quantitative estimate of drug-likeness (QED) is 0.0990. The highest BCUT2D eigenvalue weighted by atomic mass is 16.4. The average molecular weight is 658 g/mol. The lowest BCUT2D eigenvalue weighted by Gasteiger charge is -2.04. The van der Waals surface area contributed by atoms with Gasteiger partial charge in [0.15, 0.2) is 0 Å². The molecule has 8 bridgehead atoms. The number of carboxylic acids is 1. The number of carbonyl (C=O) groups is 1. The second-order valence-corrected chi connectivity index (χ2v) is 11.9. The highest BCUT2D eigenvalue weighted by molar-refractivity contribution is 5.97. The predicted octanol–water partition coefficient (Wildman–Crippen LogP) is 9.38. The summed E-state index contributed by atoms with van der Waals surface area (Å²) in [6, 6.07) is 39.6. The van der Waals surface area contributed by atoms with Crippen LogP contribution in [0.3, 0.4) is 0 Å². The molecule has 3 aromatic carbocycles. The SMILES string of the molecule is N#C/C(=C/c1ccc(C#Cc2c3nc(c(-c4ccccc4)c4ccc(cc5ccc([nH]5)c(-c5ccccc5)c5nc2C=C5)[nH]4)C=C3)cc1)C(=O)O. The summed E-state index contributed by atoms with van der Waals surface area (Å²) in [6.07, 6.45) is 9.32. The molecule has 0 spiro atoms. The van der Waals surface area contributed by atoms with Crippen LogP contribution in [0, 0.1) is 23.2 Å². The van der Waals surface area contributed by atoms with Crippen molar-refractivity contribution in [1.82, 2.24) is 19.9 Å². The minimum Gasteiger partial charge on any atom is -0.477 e. The van der Waals surface area contributed by atoms with E-state index < -0.39 is 5.97 Å². The molecule has 0 fully saturated rings. The molecule has 2 aliphatic heterocycles. The first-order valence-electron chi connectivity index (χ1n) is 16.2. The van der Waals surface area contributed by atoms with Crippen LogP contribution in [0.15, 0.2) is 121 Å². The number of nitrogens with zero attached hydrogens (tertiary/aromatic N) is 3. The Morgan fingerprint density at radius 2 is 1.14 bits per heavy atom. The normalized spacial score (nSPS) is 11.9. The molecular weight excluding hydrogens is 631 g/mol. The smallest absolute Gasteiger partial charge is 0.346 e. The molecule has 8 rings (SSSR count). The topological polar surface area (TPSA) is 118 Å². The second kappa shape index (κ2) is 13.2. The van der Waals surface area contributed by atoms with Gasteiger partial charge in [0.2, 0.25) is 0 Å². The maximum atomic E-state index is 11.3. The van der Waals surface area contributed by atoms with Gasteiger partial charge in [0.1, 0.15) is 11.6 Å². The molecule has 0 aliphatic carbocycles. The number of nitriles is 1. The van der Waals surface area contributed by atoms with E-state index in [9.17, 15) is 9.90 Å². The van der Waals surface area contributed by atoms with Crippen LogP contribution >= 0.6 is 0 Å². The van der Waals surface area contributed by atoms with Gasteiger partial charge in [0, 0.05) is 38.8 Å². The summed E-state index contributed by atoms with van der Waals surface area (Å²) in [5, 5.41) is 18.4. The molecule has 0 unspecified atom stereocenters. The van der Waals surface area contributed by atoms with E-state index in [-0.39, 0.29) is 5.57 Å². The van der Waals surface area contributed by atoms with Crippen molar-refractivity contribution in [3.05, 3.63) is 160 Å². The van der Waals surface area contributed by atoms with Crippen LogP contribution in [-0.2, 0) is 4.79 Å². The maximum absolute atomic E-state index is 11.3. The highest BCUT2D eigenvalue weighted by Crippen LogP contribution is 2.33. The van der Waals surface area contributed by atoms with Crippen LogP contribution < -0.4 is 0 Å². The van der Waals surface area contributed by atoms with Gasteiger partial charge in [0.25, 0.3) is 0 Å². The Morgan fingerprint density at radius 1 is 0.627 bits per heavy atom. The Bertz CT molecular complexity index is 2580. The average Bonchev–Trinajstić information content (AvgIpc) is 3.99. The van der Waals surface area contributed by atoms with E-state index in [2.05, 4.69) is 76.4 Å². The van der Waals surface area contributed by atoms with Gasteiger partial charge in [-0.05, 0) is 89.5 Å². The van der Waals surface area contributed by atoms with Crippen molar-refractivity contribution in [2.24, 2.45) is 0 Å². The summed E-state index contributed by atoms with van der Waals surface area (Å²) >= 11 is 0. The molecule has 7 heteroatoms. The first kappa shape index (κ1) is 30.8. The molecular formula is C44H27N5O2. The Labute approximate surface area is 293 Å². The Morgan fingerprint density at radius 3 is 1.63 bits per heavy atom. The lowest BCUT2D eigenvalue weighted by molar-refractivity contribution is -0.132. The van der Waals surface area contributed by atoms with Gasteiger partial charge in [0.05, 0.1) is 28.3 Å². The third-order valence-electron chi connectivity index (χ3n) is 8.60. The molecule has 7 nitrogen and oxygen atoms in total. The zero-order chi connectivity index (χ0) is 34.7. The number of nitrogens with one attached hydrogen (secondary N) is 2. The maximum Gasteiger partial charge on any atom is 0.346 e. The van der Waals surface area contributed by atoms with Crippen molar-refractivity contribution in [1.29, 1.82) is 5.26 Å².